The molecule has 1 aromatic heterocycles. The van der Waals surface area contributed by atoms with Crippen LogP contribution in [0.1, 0.15) is 33.1 Å². The van der Waals surface area contributed by atoms with Crippen molar-refractivity contribution in [3.63, 3.8) is 0 Å². The van der Waals surface area contributed by atoms with Crippen molar-refractivity contribution in [2.45, 2.75) is 38.3 Å². The number of aromatic nitrogens is 2. The molecule has 1 heterocycles. The largest absolute Gasteiger partial charge is 0.373 e. The Balaban J connectivity index is 2.41. The summed E-state index contributed by atoms with van der Waals surface area (Å²) in [6.45, 7) is 5.50. The van der Waals surface area contributed by atoms with Gasteiger partial charge < -0.3 is 10.6 Å². The van der Waals surface area contributed by atoms with Crippen molar-refractivity contribution in [1.29, 1.82) is 0 Å². The first-order valence-corrected chi connectivity index (χ1v) is 7.73. The molecule has 0 aromatic carbocycles. The number of rotatable bonds is 8. The predicted molar refractivity (Wildman–Crippen MR) is 80.5 cm³/mol. The van der Waals surface area contributed by atoms with Crippen LogP contribution in [0.15, 0.2) is 11.2 Å². The van der Waals surface area contributed by atoms with Crippen molar-refractivity contribution in [3.05, 3.63) is 6.07 Å². The zero-order chi connectivity index (χ0) is 13.4. The van der Waals surface area contributed by atoms with Crippen molar-refractivity contribution >= 4 is 23.4 Å². The van der Waals surface area contributed by atoms with Crippen LogP contribution in [0.25, 0.3) is 0 Å². The molecule has 0 aliphatic rings. The molecule has 0 aliphatic heterocycles. The Bertz CT molecular complexity index is 333. The molecule has 0 atom stereocenters. The molecule has 18 heavy (non-hydrogen) atoms. The fraction of sp³-hybridized carbons (Fsp3) is 0.692. The van der Waals surface area contributed by atoms with E-state index in [1.165, 1.54) is 19.3 Å². The lowest BCUT2D eigenvalue weighted by Gasteiger charge is -2.09. The average molecular weight is 268 g/mol. The van der Waals surface area contributed by atoms with Crippen LogP contribution >= 0.6 is 11.8 Å². The van der Waals surface area contributed by atoms with Crippen molar-refractivity contribution in [2.75, 3.05) is 30.5 Å². The predicted octanol–water partition coefficient (Wildman–Crippen LogP) is 3.48. The molecule has 0 aliphatic carbocycles. The number of thioether (sulfide) groups is 1. The monoisotopic (exact) mass is 268 g/mol. The summed E-state index contributed by atoms with van der Waals surface area (Å²) in [6, 6.07) is 1.95. The summed E-state index contributed by atoms with van der Waals surface area (Å²) >= 11 is 1.56. The van der Waals surface area contributed by atoms with Crippen LogP contribution in [0.2, 0.25) is 0 Å². The fourth-order valence-electron chi connectivity index (χ4n) is 1.63. The first kappa shape index (κ1) is 15.1. The van der Waals surface area contributed by atoms with Gasteiger partial charge in [-0.15, -0.1) is 0 Å². The fourth-order valence-corrected chi connectivity index (χ4v) is 2.01. The minimum Gasteiger partial charge on any atom is -0.373 e. The number of unbranched alkanes of at least 4 members (excludes halogenated alkanes) is 1. The summed E-state index contributed by atoms with van der Waals surface area (Å²) in [7, 11) is 1.87. The van der Waals surface area contributed by atoms with Crippen LogP contribution in [0.4, 0.5) is 11.6 Å². The molecule has 0 bridgehead atoms. The maximum Gasteiger partial charge on any atom is 0.191 e. The zero-order valence-corrected chi connectivity index (χ0v) is 12.6. The Kier molecular flexibility index (Phi) is 6.86. The van der Waals surface area contributed by atoms with Crippen molar-refractivity contribution in [3.8, 4) is 0 Å². The standard InChI is InChI=1S/C13H24N4S/c1-10(2)7-5-6-8-15-12-9-11(14-3)16-13(17-12)18-4/h9-10H,5-8H2,1-4H3,(H2,14,15,16,17). The topological polar surface area (TPSA) is 49.8 Å². The quantitative estimate of drug-likeness (QED) is 0.429. The first-order chi connectivity index (χ1) is 8.65. The molecule has 0 saturated carbocycles. The number of anilines is 2. The Labute approximate surface area is 114 Å². The first-order valence-electron chi connectivity index (χ1n) is 6.50. The summed E-state index contributed by atoms with van der Waals surface area (Å²) in [5.74, 6) is 2.56. The molecule has 0 amide bonds. The van der Waals surface area contributed by atoms with Gasteiger partial charge in [-0.05, 0) is 18.6 Å². The van der Waals surface area contributed by atoms with E-state index in [2.05, 4.69) is 34.4 Å². The highest BCUT2D eigenvalue weighted by atomic mass is 32.2. The molecule has 0 saturated heterocycles. The summed E-state index contributed by atoms with van der Waals surface area (Å²) in [5.41, 5.74) is 0. The third-order valence-electron chi connectivity index (χ3n) is 2.66. The van der Waals surface area contributed by atoms with E-state index < -0.39 is 0 Å². The van der Waals surface area contributed by atoms with Gasteiger partial charge in [-0.3, -0.25) is 0 Å². The van der Waals surface area contributed by atoms with Gasteiger partial charge in [0.2, 0.25) is 0 Å². The third-order valence-corrected chi connectivity index (χ3v) is 3.21. The van der Waals surface area contributed by atoms with Crippen LogP contribution in [-0.2, 0) is 0 Å². The second-order valence-corrected chi connectivity index (χ2v) is 5.46. The normalized spacial score (nSPS) is 10.7. The smallest absolute Gasteiger partial charge is 0.191 e. The van der Waals surface area contributed by atoms with Crippen LogP contribution in [-0.4, -0.2) is 29.8 Å². The van der Waals surface area contributed by atoms with E-state index in [1.54, 1.807) is 11.8 Å². The minimum atomic E-state index is 0.794. The van der Waals surface area contributed by atoms with Gasteiger partial charge in [-0.1, -0.05) is 38.5 Å². The highest BCUT2D eigenvalue weighted by Crippen LogP contribution is 2.17. The summed E-state index contributed by atoms with van der Waals surface area (Å²) < 4.78 is 0. The van der Waals surface area contributed by atoms with Crippen LogP contribution in [0, 0.1) is 5.92 Å². The van der Waals surface area contributed by atoms with Gasteiger partial charge in [0, 0.05) is 19.7 Å². The van der Waals surface area contributed by atoms with E-state index in [9.17, 15) is 0 Å². The van der Waals surface area contributed by atoms with E-state index in [0.717, 1.165) is 29.3 Å². The number of nitrogens with zero attached hydrogens (tertiary/aromatic N) is 2. The zero-order valence-electron chi connectivity index (χ0n) is 11.8. The van der Waals surface area contributed by atoms with Gasteiger partial charge in [-0.25, -0.2) is 9.97 Å². The molecule has 1 rings (SSSR count). The van der Waals surface area contributed by atoms with Crippen molar-refractivity contribution in [2.24, 2.45) is 5.92 Å². The van der Waals surface area contributed by atoms with E-state index in [4.69, 9.17) is 0 Å². The summed E-state index contributed by atoms with van der Waals surface area (Å²) in [6.07, 6.45) is 5.74. The molecule has 5 heteroatoms. The van der Waals surface area contributed by atoms with Gasteiger partial charge in [0.1, 0.15) is 11.6 Å². The lowest BCUT2D eigenvalue weighted by Crippen LogP contribution is -2.06. The van der Waals surface area contributed by atoms with Crippen LogP contribution in [0.5, 0.6) is 0 Å². The molecule has 0 unspecified atom stereocenters. The summed E-state index contributed by atoms with van der Waals surface area (Å²) in [4.78, 5) is 8.77. The van der Waals surface area contributed by atoms with Gasteiger partial charge >= 0.3 is 0 Å². The number of nitrogens with one attached hydrogen (secondary N) is 2. The second-order valence-electron chi connectivity index (χ2n) is 4.69. The molecule has 0 radical (unpaired) electrons. The molecule has 1 aromatic rings. The highest BCUT2D eigenvalue weighted by molar-refractivity contribution is 7.98. The molecule has 0 fully saturated rings. The molecule has 102 valence electrons. The van der Waals surface area contributed by atoms with Gasteiger partial charge in [-0.2, -0.15) is 0 Å². The Morgan fingerprint density at radius 2 is 1.94 bits per heavy atom. The lowest BCUT2D eigenvalue weighted by molar-refractivity contribution is 0.544. The highest BCUT2D eigenvalue weighted by Gasteiger charge is 2.02. The van der Waals surface area contributed by atoms with Crippen LogP contribution < -0.4 is 10.6 Å². The van der Waals surface area contributed by atoms with E-state index in [-0.39, 0.29) is 0 Å². The van der Waals surface area contributed by atoms with E-state index >= 15 is 0 Å². The molecular formula is C13H24N4S. The van der Waals surface area contributed by atoms with E-state index in [0.29, 0.717) is 0 Å². The Morgan fingerprint density at radius 1 is 1.22 bits per heavy atom. The maximum atomic E-state index is 4.43. The van der Waals surface area contributed by atoms with Crippen molar-refractivity contribution < 1.29 is 0 Å². The van der Waals surface area contributed by atoms with Crippen molar-refractivity contribution in [1.82, 2.24) is 9.97 Å². The van der Waals surface area contributed by atoms with E-state index in [1.807, 2.05) is 19.4 Å². The molecule has 4 nitrogen and oxygen atoms in total. The minimum absolute atomic E-state index is 0.794. The molecule has 2 N–H and O–H groups in total. The molecule has 0 spiro atoms. The SMILES string of the molecule is CNc1cc(NCCCCC(C)C)nc(SC)n1. The molecular weight excluding hydrogens is 244 g/mol. The maximum absolute atomic E-state index is 4.43. The lowest BCUT2D eigenvalue weighted by atomic mass is 10.1. The second kappa shape index (κ2) is 8.19. The number of hydrogen-bond donors (Lipinski definition) is 2. The van der Waals surface area contributed by atoms with Crippen LogP contribution in [0.3, 0.4) is 0 Å². The Morgan fingerprint density at radius 3 is 2.56 bits per heavy atom. The number of hydrogen-bond acceptors (Lipinski definition) is 5. The third kappa shape index (κ3) is 5.58. The Hall–Kier alpha value is -0.970. The van der Waals surface area contributed by atoms with Gasteiger partial charge in [0.25, 0.3) is 0 Å². The summed E-state index contributed by atoms with van der Waals surface area (Å²) in [5, 5.41) is 7.22. The van der Waals surface area contributed by atoms with Gasteiger partial charge in [0.05, 0.1) is 0 Å². The average Bonchev–Trinajstić information content (AvgIpc) is 2.37. The van der Waals surface area contributed by atoms with Gasteiger partial charge in [0.15, 0.2) is 5.16 Å².